The highest BCUT2D eigenvalue weighted by Crippen LogP contribution is 2.22. The van der Waals surface area contributed by atoms with Crippen LogP contribution < -0.4 is 5.32 Å². The van der Waals surface area contributed by atoms with Gasteiger partial charge in [0.25, 0.3) is 0 Å². The summed E-state index contributed by atoms with van der Waals surface area (Å²) in [6, 6.07) is 8.75. The van der Waals surface area contributed by atoms with Gasteiger partial charge >= 0.3 is 5.97 Å². The number of hydrogen-bond acceptors (Lipinski definition) is 7. The van der Waals surface area contributed by atoms with E-state index < -0.39 is 11.8 Å². The maximum atomic E-state index is 12.9. The van der Waals surface area contributed by atoms with E-state index in [-0.39, 0.29) is 27.9 Å². The summed E-state index contributed by atoms with van der Waals surface area (Å²) < 4.78 is 6.70. The molecule has 0 saturated carbocycles. The smallest absolute Gasteiger partial charge is 0.343 e. The normalized spacial score (nSPS) is 11.2. The zero-order valence-electron chi connectivity index (χ0n) is 15.9. The molecule has 154 valence electrons. The summed E-state index contributed by atoms with van der Waals surface area (Å²) in [5.74, 6) is -1.43. The van der Waals surface area contributed by atoms with Crippen LogP contribution in [0.15, 0.2) is 61.0 Å². The largest absolute Gasteiger partial charge is 0.462 e. The SMILES string of the molecule is CCOC(=O)C(=CNc1ccc(Cn2cncn2)cc1)C(=O)c1cc(Cl)cnc1Cl. The van der Waals surface area contributed by atoms with Crippen molar-refractivity contribution in [2.24, 2.45) is 0 Å². The Bertz CT molecular complexity index is 1070. The molecule has 0 aliphatic carbocycles. The van der Waals surface area contributed by atoms with Crippen LogP contribution in [0, 0.1) is 0 Å². The first-order chi connectivity index (χ1) is 14.5. The quantitative estimate of drug-likeness (QED) is 0.140. The highest BCUT2D eigenvalue weighted by atomic mass is 35.5. The summed E-state index contributed by atoms with van der Waals surface area (Å²) in [6.45, 7) is 2.33. The highest BCUT2D eigenvalue weighted by Gasteiger charge is 2.24. The van der Waals surface area contributed by atoms with Gasteiger partial charge in [0.1, 0.15) is 23.4 Å². The van der Waals surface area contributed by atoms with E-state index in [0.29, 0.717) is 12.2 Å². The number of rotatable bonds is 8. The minimum absolute atomic E-state index is 0.00782. The molecular formula is C20H17Cl2N5O3. The van der Waals surface area contributed by atoms with Crippen molar-refractivity contribution in [3.05, 3.63) is 82.3 Å². The minimum atomic E-state index is -0.783. The molecule has 3 rings (SSSR count). The van der Waals surface area contributed by atoms with E-state index >= 15 is 0 Å². The van der Waals surface area contributed by atoms with Crippen molar-refractivity contribution in [1.29, 1.82) is 0 Å². The lowest BCUT2D eigenvalue weighted by molar-refractivity contribution is -0.138. The van der Waals surface area contributed by atoms with E-state index in [0.717, 1.165) is 5.56 Å². The second kappa shape index (κ2) is 10.00. The Balaban J connectivity index is 1.80. The number of esters is 1. The molecular weight excluding hydrogens is 429 g/mol. The van der Waals surface area contributed by atoms with Crippen molar-refractivity contribution in [3.63, 3.8) is 0 Å². The van der Waals surface area contributed by atoms with E-state index in [4.69, 9.17) is 27.9 Å². The molecule has 10 heteroatoms. The Labute approximate surface area is 182 Å². The number of aromatic nitrogens is 4. The Morgan fingerprint density at radius 3 is 2.67 bits per heavy atom. The van der Waals surface area contributed by atoms with E-state index in [9.17, 15) is 9.59 Å². The third kappa shape index (κ3) is 5.43. The van der Waals surface area contributed by atoms with Gasteiger partial charge in [-0.3, -0.25) is 4.79 Å². The number of nitrogens with zero attached hydrogens (tertiary/aromatic N) is 4. The molecule has 2 heterocycles. The van der Waals surface area contributed by atoms with Crippen LogP contribution in [0.3, 0.4) is 0 Å². The monoisotopic (exact) mass is 445 g/mol. The Morgan fingerprint density at radius 1 is 1.23 bits per heavy atom. The summed E-state index contributed by atoms with van der Waals surface area (Å²) in [7, 11) is 0. The van der Waals surface area contributed by atoms with Crippen molar-refractivity contribution in [2.45, 2.75) is 13.5 Å². The molecule has 0 bridgehead atoms. The number of anilines is 1. The first-order valence-corrected chi connectivity index (χ1v) is 9.64. The average molecular weight is 446 g/mol. The number of halogens is 2. The van der Waals surface area contributed by atoms with Gasteiger partial charge in [-0.2, -0.15) is 5.10 Å². The molecule has 1 N–H and O–H groups in total. The minimum Gasteiger partial charge on any atom is -0.462 e. The van der Waals surface area contributed by atoms with Crippen molar-refractivity contribution >= 4 is 40.6 Å². The number of pyridine rings is 1. The maximum Gasteiger partial charge on any atom is 0.343 e. The van der Waals surface area contributed by atoms with Crippen LogP contribution in [-0.4, -0.2) is 38.1 Å². The molecule has 30 heavy (non-hydrogen) atoms. The van der Waals surface area contributed by atoms with Crippen LogP contribution in [0.5, 0.6) is 0 Å². The molecule has 0 amide bonds. The summed E-state index contributed by atoms with van der Waals surface area (Å²) in [6.07, 6.45) is 5.69. The van der Waals surface area contributed by atoms with Gasteiger partial charge in [-0.1, -0.05) is 35.3 Å². The zero-order chi connectivity index (χ0) is 21.5. The van der Waals surface area contributed by atoms with Gasteiger partial charge in [0.05, 0.1) is 23.7 Å². The Morgan fingerprint density at radius 2 is 2.00 bits per heavy atom. The molecule has 3 aromatic rings. The fraction of sp³-hybridized carbons (Fsp3) is 0.150. The molecule has 0 aliphatic rings. The van der Waals surface area contributed by atoms with Crippen molar-refractivity contribution in [3.8, 4) is 0 Å². The number of Topliss-reactive ketones (excluding diaryl/α,β-unsaturated/α-hetero) is 1. The van der Waals surface area contributed by atoms with E-state index in [2.05, 4.69) is 20.4 Å². The molecule has 0 aliphatic heterocycles. The summed E-state index contributed by atoms with van der Waals surface area (Å²) in [4.78, 5) is 33.0. The van der Waals surface area contributed by atoms with E-state index in [1.807, 2.05) is 24.3 Å². The van der Waals surface area contributed by atoms with Crippen LogP contribution in [0.4, 0.5) is 5.69 Å². The molecule has 0 spiro atoms. The standard InChI is InChI=1S/C20H17Cl2N5O3/c1-2-30-20(29)17(18(28)16-7-14(21)8-25-19(16)22)9-24-15-5-3-13(4-6-15)10-27-12-23-11-26-27/h3-9,11-12,24H,2,10H2,1H3. The molecule has 0 atom stereocenters. The summed E-state index contributed by atoms with van der Waals surface area (Å²) in [5, 5.41) is 7.16. The van der Waals surface area contributed by atoms with Crippen molar-refractivity contribution in [2.75, 3.05) is 11.9 Å². The zero-order valence-corrected chi connectivity index (χ0v) is 17.4. The van der Waals surface area contributed by atoms with Gasteiger partial charge in [-0.25, -0.2) is 19.4 Å². The second-order valence-electron chi connectivity index (χ2n) is 6.03. The molecule has 2 aromatic heterocycles. The molecule has 0 fully saturated rings. The van der Waals surface area contributed by atoms with Crippen LogP contribution in [0.2, 0.25) is 10.2 Å². The number of carbonyl (C=O) groups is 2. The van der Waals surface area contributed by atoms with Gasteiger partial charge in [0.2, 0.25) is 5.78 Å². The van der Waals surface area contributed by atoms with Gasteiger partial charge in [-0.05, 0) is 30.7 Å². The van der Waals surface area contributed by atoms with Gasteiger partial charge in [0, 0.05) is 18.1 Å². The summed E-state index contributed by atoms with van der Waals surface area (Å²) >= 11 is 11.9. The molecule has 0 saturated heterocycles. The number of benzene rings is 1. The third-order valence-corrected chi connectivity index (χ3v) is 4.45. The van der Waals surface area contributed by atoms with Crippen molar-refractivity contribution in [1.82, 2.24) is 19.7 Å². The second-order valence-corrected chi connectivity index (χ2v) is 6.83. The van der Waals surface area contributed by atoms with Crippen LogP contribution in [0.25, 0.3) is 0 Å². The lowest BCUT2D eigenvalue weighted by atomic mass is 10.1. The highest BCUT2D eigenvalue weighted by molar-refractivity contribution is 6.37. The fourth-order valence-corrected chi connectivity index (χ4v) is 2.86. The number of carbonyl (C=O) groups excluding carboxylic acids is 2. The topological polar surface area (TPSA) is 99.0 Å². The number of hydrogen-bond donors (Lipinski definition) is 1. The molecule has 0 radical (unpaired) electrons. The van der Waals surface area contributed by atoms with E-state index in [1.54, 1.807) is 17.9 Å². The molecule has 0 unspecified atom stereocenters. The predicted octanol–water partition coefficient (Wildman–Crippen LogP) is 3.77. The van der Waals surface area contributed by atoms with Crippen LogP contribution >= 0.6 is 23.2 Å². The Hall–Kier alpha value is -3.23. The van der Waals surface area contributed by atoms with Gasteiger partial charge < -0.3 is 10.1 Å². The van der Waals surface area contributed by atoms with Crippen LogP contribution in [0.1, 0.15) is 22.8 Å². The third-order valence-electron chi connectivity index (χ3n) is 3.94. The Kier molecular flexibility index (Phi) is 7.16. The number of ketones is 1. The molecule has 1 aromatic carbocycles. The summed E-state index contributed by atoms with van der Waals surface area (Å²) in [5.41, 5.74) is 1.46. The van der Waals surface area contributed by atoms with Gasteiger partial charge in [0.15, 0.2) is 0 Å². The first kappa shape index (κ1) is 21.5. The number of ether oxygens (including phenoxy) is 1. The lowest BCUT2D eigenvalue weighted by Gasteiger charge is -2.09. The maximum absolute atomic E-state index is 12.9. The first-order valence-electron chi connectivity index (χ1n) is 8.89. The van der Waals surface area contributed by atoms with Gasteiger partial charge in [-0.15, -0.1) is 0 Å². The average Bonchev–Trinajstić information content (AvgIpc) is 3.24. The number of nitrogens with one attached hydrogen (secondary N) is 1. The van der Waals surface area contributed by atoms with E-state index in [1.165, 1.54) is 24.8 Å². The van der Waals surface area contributed by atoms with Crippen molar-refractivity contribution < 1.29 is 14.3 Å². The predicted molar refractivity (Wildman–Crippen MR) is 112 cm³/mol. The lowest BCUT2D eigenvalue weighted by Crippen LogP contribution is -2.18. The van der Waals surface area contributed by atoms with Crippen LogP contribution in [-0.2, 0) is 16.1 Å². The molecule has 8 nitrogen and oxygen atoms in total. The fourth-order valence-electron chi connectivity index (χ4n) is 2.52.